The molecule has 0 aliphatic heterocycles. The summed E-state index contributed by atoms with van der Waals surface area (Å²) in [7, 11) is 0. The third-order valence-electron chi connectivity index (χ3n) is 7.04. The molecule has 1 N–H and O–H groups in total. The number of unbranched alkanes of at least 4 members (excludes halogenated alkanes) is 13. The van der Waals surface area contributed by atoms with Crippen molar-refractivity contribution < 1.29 is 29.0 Å². The molecule has 1 atom stereocenters. The SMILES string of the molecule is CCCCC/C=C\C/C=C\C/C=C\C=C\C(=O)CCCC(=O)OC[C@@H](O)COC(=O)CCCCCCCCCCCCC. The van der Waals surface area contributed by atoms with Crippen molar-refractivity contribution in [3.63, 3.8) is 0 Å². The predicted molar refractivity (Wildman–Crippen MR) is 178 cm³/mol. The number of carbonyl (C=O) groups excluding carboxylic acids is 3. The summed E-state index contributed by atoms with van der Waals surface area (Å²) in [6.45, 7) is 4.03. The smallest absolute Gasteiger partial charge is 0.305 e. The van der Waals surface area contributed by atoms with Crippen molar-refractivity contribution in [3.8, 4) is 0 Å². The Morgan fingerprint density at radius 3 is 1.65 bits per heavy atom. The summed E-state index contributed by atoms with van der Waals surface area (Å²) in [5.41, 5.74) is 0. The molecule has 0 radical (unpaired) electrons. The second-order valence-corrected chi connectivity index (χ2v) is 11.3. The van der Waals surface area contributed by atoms with Gasteiger partial charge in [-0.05, 0) is 44.6 Å². The zero-order valence-corrected chi connectivity index (χ0v) is 27.4. The maximum atomic E-state index is 12.0. The lowest BCUT2D eigenvalue weighted by atomic mass is 10.1. The van der Waals surface area contributed by atoms with Crippen LogP contribution in [0.4, 0.5) is 0 Å². The van der Waals surface area contributed by atoms with Crippen LogP contribution < -0.4 is 0 Å². The number of rotatable bonds is 30. The minimum atomic E-state index is -1.05. The molecule has 0 amide bonds. The van der Waals surface area contributed by atoms with E-state index in [1.165, 1.54) is 76.7 Å². The predicted octanol–water partition coefficient (Wildman–Crippen LogP) is 9.46. The van der Waals surface area contributed by atoms with Crippen molar-refractivity contribution in [3.05, 3.63) is 48.6 Å². The Balaban J connectivity index is 3.69. The molecule has 0 aromatic carbocycles. The average Bonchev–Trinajstić information content (AvgIpc) is 3.00. The van der Waals surface area contributed by atoms with Gasteiger partial charge in [0.15, 0.2) is 5.78 Å². The molecule has 0 saturated carbocycles. The monoisotopic (exact) mass is 602 g/mol. The highest BCUT2D eigenvalue weighted by Gasteiger charge is 2.12. The first-order valence-corrected chi connectivity index (χ1v) is 17.1. The van der Waals surface area contributed by atoms with Crippen molar-refractivity contribution >= 4 is 17.7 Å². The van der Waals surface area contributed by atoms with Crippen LogP contribution in [0.5, 0.6) is 0 Å². The minimum Gasteiger partial charge on any atom is -0.463 e. The number of allylic oxidation sites excluding steroid dienone is 8. The van der Waals surface area contributed by atoms with Gasteiger partial charge in [0.2, 0.25) is 0 Å². The van der Waals surface area contributed by atoms with Crippen LogP contribution in [-0.4, -0.2) is 42.1 Å². The largest absolute Gasteiger partial charge is 0.463 e. The second kappa shape index (κ2) is 32.4. The number of hydrogen-bond acceptors (Lipinski definition) is 6. The van der Waals surface area contributed by atoms with Crippen molar-refractivity contribution in [1.29, 1.82) is 0 Å². The van der Waals surface area contributed by atoms with Gasteiger partial charge in [-0.25, -0.2) is 0 Å². The molecule has 6 heteroatoms. The van der Waals surface area contributed by atoms with Gasteiger partial charge in [0.1, 0.15) is 19.3 Å². The zero-order chi connectivity index (χ0) is 31.6. The van der Waals surface area contributed by atoms with Gasteiger partial charge in [0.05, 0.1) is 0 Å². The van der Waals surface area contributed by atoms with E-state index in [0.717, 1.165) is 38.5 Å². The molecule has 246 valence electrons. The number of ketones is 1. The Labute approximate surface area is 263 Å². The van der Waals surface area contributed by atoms with Crippen LogP contribution in [-0.2, 0) is 23.9 Å². The first-order chi connectivity index (χ1) is 21.0. The molecule has 0 saturated heterocycles. The molecule has 0 rings (SSSR count). The highest BCUT2D eigenvalue weighted by Crippen LogP contribution is 2.12. The summed E-state index contributed by atoms with van der Waals surface area (Å²) < 4.78 is 10.1. The first kappa shape index (κ1) is 40.5. The van der Waals surface area contributed by atoms with Crippen LogP contribution >= 0.6 is 0 Å². The Hall–Kier alpha value is -2.47. The van der Waals surface area contributed by atoms with Crippen LogP contribution in [0.15, 0.2) is 48.6 Å². The fourth-order valence-corrected chi connectivity index (χ4v) is 4.39. The van der Waals surface area contributed by atoms with Gasteiger partial charge in [-0.2, -0.15) is 0 Å². The Bertz CT molecular complexity index is 795. The molecular formula is C37H62O6. The number of carbonyl (C=O) groups is 3. The maximum absolute atomic E-state index is 12.0. The van der Waals surface area contributed by atoms with Gasteiger partial charge in [0, 0.05) is 19.3 Å². The topological polar surface area (TPSA) is 89.9 Å². The summed E-state index contributed by atoms with van der Waals surface area (Å²) in [6.07, 6.45) is 35.9. The van der Waals surface area contributed by atoms with E-state index in [1.807, 2.05) is 12.2 Å². The van der Waals surface area contributed by atoms with E-state index >= 15 is 0 Å². The molecule has 0 bridgehead atoms. The zero-order valence-electron chi connectivity index (χ0n) is 27.4. The standard InChI is InChI=1S/C37H62O6/c1-3-5-7-9-11-13-15-16-18-19-21-23-25-28-34(38)29-27-31-37(41)43-33-35(39)32-42-36(40)30-26-24-22-20-17-14-12-10-8-6-4-2/h11,13,16,18,21,23,25,28,35,39H,3-10,12,14-15,17,19-20,22,24,26-27,29-33H2,1-2H3/b13-11-,18-16-,23-21-,28-25+/t35-/m0/s1. The van der Waals surface area contributed by atoms with Crippen LogP contribution in [0, 0.1) is 0 Å². The summed E-state index contributed by atoms with van der Waals surface area (Å²) in [6, 6.07) is 0. The van der Waals surface area contributed by atoms with E-state index in [1.54, 1.807) is 6.08 Å². The highest BCUT2D eigenvalue weighted by molar-refractivity contribution is 5.90. The molecule has 0 aliphatic rings. The third kappa shape index (κ3) is 32.3. The summed E-state index contributed by atoms with van der Waals surface area (Å²) >= 11 is 0. The Morgan fingerprint density at radius 1 is 0.558 bits per heavy atom. The fourth-order valence-electron chi connectivity index (χ4n) is 4.39. The number of aliphatic hydroxyl groups is 1. The fraction of sp³-hybridized carbons (Fsp3) is 0.703. The van der Waals surface area contributed by atoms with E-state index in [9.17, 15) is 19.5 Å². The number of aliphatic hydroxyl groups excluding tert-OH is 1. The molecule has 6 nitrogen and oxygen atoms in total. The van der Waals surface area contributed by atoms with Crippen molar-refractivity contribution in [2.45, 2.75) is 155 Å². The van der Waals surface area contributed by atoms with Crippen molar-refractivity contribution in [2.24, 2.45) is 0 Å². The molecule has 0 aromatic heterocycles. The molecule has 0 heterocycles. The van der Waals surface area contributed by atoms with E-state index in [-0.39, 0.29) is 37.8 Å². The van der Waals surface area contributed by atoms with Gasteiger partial charge in [0.25, 0.3) is 0 Å². The molecular weight excluding hydrogens is 540 g/mol. The molecule has 43 heavy (non-hydrogen) atoms. The molecule has 0 unspecified atom stereocenters. The van der Waals surface area contributed by atoms with Crippen LogP contribution in [0.2, 0.25) is 0 Å². The molecule has 0 aliphatic carbocycles. The van der Waals surface area contributed by atoms with Crippen LogP contribution in [0.25, 0.3) is 0 Å². The third-order valence-corrected chi connectivity index (χ3v) is 7.04. The van der Waals surface area contributed by atoms with Crippen LogP contribution in [0.3, 0.4) is 0 Å². The van der Waals surface area contributed by atoms with Gasteiger partial charge < -0.3 is 14.6 Å². The lowest BCUT2D eigenvalue weighted by Crippen LogP contribution is -2.25. The van der Waals surface area contributed by atoms with Gasteiger partial charge in [-0.1, -0.05) is 133 Å². The molecule has 0 spiro atoms. The second-order valence-electron chi connectivity index (χ2n) is 11.3. The van der Waals surface area contributed by atoms with E-state index in [0.29, 0.717) is 12.8 Å². The van der Waals surface area contributed by atoms with Crippen LogP contribution in [0.1, 0.15) is 149 Å². The van der Waals surface area contributed by atoms with E-state index in [2.05, 4.69) is 38.2 Å². The number of ether oxygens (including phenoxy) is 2. The summed E-state index contributed by atoms with van der Waals surface area (Å²) in [5.74, 6) is -0.864. The highest BCUT2D eigenvalue weighted by atomic mass is 16.6. The lowest BCUT2D eigenvalue weighted by Gasteiger charge is -2.12. The Morgan fingerprint density at radius 2 is 1.05 bits per heavy atom. The normalized spacial score (nSPS) is 12.6. The number of esters is 2. The van der Waals surface area contributed by atoms with Gasteiger partial charge >= 0.3 is 11.9 Å². The quantitative estimate of drug-likeness (QED) is 0.0290. The number of hydrogen-bond donors (Lipinski definition) is 1. The average molecular weight is 603 g/mol. The van der Waals surface area contributed by atoms with Gasteiger partial charge in [-0.15, -0.1) is 0 Å². The Kier molecular flexibility index (Phi) is 30.6. The van der Waals surface area contributed by atoms with Gasteiger partial charge in [-0.3, -0.25) is 14.4 Å². The van der Waals surface area contributed by atoms with Crippen molar-refractivity contribution in [2.75, 3.05) is 13.2 Å². The molecule has 0 aromatic rings. The van der Waals surface area contributed by atoms with E-state index in [4.69, 9.17) is 9.47 Å². The van der Waals surface area contributed by atoms with Crippen molar-refractivity contribution in [1.82, 2.24) is 0 Å². The first-order valence-electron chi connectivity index (χ1n) is 17.1. The molecule has 0 fully saturated rings. The lowest BCUT2D eigenvalue weighted by molar-refractivity contribution is -0.152. The summed E-state index contributed by atoms with van der Waals surface area (Å²) in [5, 5.41) is 9.94. The minimum absolute atomic E-state index is 0.0500. The van der Waals surface area contributed by atoms with E-state index < -0.39 is 12.1 Å². The summed E-state index contributed by atoms with van der Waals surface area (Å²) in [4.78, 5) is 35.7. The maximum Gasteiger partial charge on any atom is 0.305 e.